The molecule has 0 spiro atoms. The van der Waals surface area contributed by atoms with Crippen LogP contribution in [0.25, 0.3) is 0 Å². The Hall–Kier alpha value is -0.890. The molecular weight excluding hydrogens is 148 g/mol. The summed E-state index contributed by atoms with van der Waals surface area (Å²) in [4.78, 5) is 4.19. The minimum Gasteiger partial charge on any atom is -0.313 e. The molecule has 0 heterocycles. The number of hydrogen-bond donors (Lipinski definition) is 1. The normalized spacial score (nSPS) is 13.4. The molecule has 0 fully saturated rings. The van der Waals surface area contributed by atoms with E-state index in [2.05, 4.69) is 23.3 Å². The quantitative estimate of drug-likeness (QED) is 0.491. The summed E-state index contributed by atoms with van der Waals surface area (Å²) < 4.78 is 0. The van der Waals surface area contributed by atoms with Crippen LogP contribution in [0.5, 0.6) is 0 Å². The van der Waals surface area contributed by atoms with Gasteiger partial charge in [-0.05, 0) is 32.5 Å². The first kappa shape index (κ1) is 11.1. The molecule has 0 aliphatic rings. The molecule has 0 saturated carbocycles. The highest BCUT2D eigenvalue weighted by Gasteiger charge is 1.80. The highest BCUT2D eigenvalue weighted by Crippen LogP contribution is 1.91. The first-order chi connectivity index (χ1) is 5.81. The standard InChI is InChI=1S/C10H18N2/c1-4-6-8-12-10(3)7-9-11-5-2/h4,6-8,11H,5,9H2,1-3H3/b6-4-,10-7+,12-8-. The number of aliphatic imine (C=N–C) groups is 1. The molecule has 68 valence electrons. The van der Waals surface area contributed by atoms with Crippen LogP contribution in [-0.2, 0) is 0 Å². The van der Waals surface area contributed by atoms with E-state index in [1.54, 1.807) is 6.21 Å². The molecule has 0 rings (SSSR count). The summed E-state index contributed by atoms with van der Waals surface area (Å²) in [7, 11) is 0. The van der Waals surface area contributed by atoms with Crippen molar-refractivity contribution in [2.24, 2.45) is 4.99 Å². The molecule has 1 N–H and O–H groups in total. The largest absolute Gasteiger partial charge is 0.313 e. The maximum Gasteiger partial charge on any atom is 0.0345 e. The van der Waals surface area contributed by atoms with Crippen LogP contribution in [0.15, 0.2) is 28.9 Å². The van der Waals surface area contributed by atoms with Crippen LogP contribution < -0.4 is 5.32 Å². The summed E-state index contributed by atoms with van der Waals surface area (Å²) >= 11 is 0. The van der Waals surface area contributed by atoms with Crippen molar-refractivity contribution in [1.82, 2.24) is 5.32 Å². The van der Waals surface area contributed by atoms with Crippen molar-refractivity contribution in [2.45, 2.75) is 20.8 Å². The molecule has 0 aromatic rings. The van der Waals surface area contributed by atoms with Gasteiger partial charge in [0.15, 0.2) is 0 Å². The maximum atomic E-state index is 4.19. The van der Waals surface area contributed by atoms with E-state index in [1.165, 1.54) is 0 Å². The van der Waals surface area contributed by atoms with Gasteiger partial charge in [-0.25, -0.2) is 0 Å². The summed E-state index contributed by atoms with van der Waals surface area (Å²) in [6.07, 6.45) is 7.76. The predicted molar refractivity (Wildman–Crippen MR) is 55.6 cm³/mol. The topological polar surface area (TPSA) is 24.4 Å². The van der Waals surface area contributed by atoms with Crippen molar-refractivity contribution in [2.75, 3.05) is 13.1 Å². The van der Waals surface area contributed by atoms with Crippen molar-refractivity contribution in [3.05, 3.63) is 23.9 Å². The molecule has 2 heteroatoms. The van der Waals surface area contributed by atoms with Gasteiger partial charge in [-0.1, -0.05) is 13.0 Å². The van der Waals surface area contributed by atoms with Gasteiger partial charge in [0.2, 0.25) is 0 Å². The fraction of sp³-hybridized carbons (Fsp3) is 0.500. The highest BCUT2D eigenvalue weighted by atomic mass is 14.8. The summed E-state index contributed by atoms with van der Waals surface area (Å²) in [6.45, 7) is 7.96. The summed E-state index contributed by atoms with van der Waals surface area (Å²) in [6, 6.07) is 0. The Morgan fingerprint density at radius 1 is 1.50 bits per heavy atom. The molecule has 0 bridgehead atoms. The summed E-state index contributed by atoms with van der Waals surface area (Å²) in [5, 5.41) is 3.20. The van der Waals surface area contributed by atoms with Crippen molar-refractivity contribution in [3.63, 3.8) is 0 Å². The van der Waals surface area contributed by atoms with Crippen molar-refractivity contribution >= 4 is 6.21 Å². The molecular formula is C10H18N2. The third-order valence-electron chi connectivity index (χ3n) is 1.35. The average molecular weight is 166 g/mol. The fourth-order valence-electron chi connectivity index (χ4n) is 0.664. The van der Waals surface area contributed by atoms with Crippen molar-refractivity contribution < 1.29 is 0 Å². The van der Waals surface area contributed by atoms with Gasteiger partial charge in [0, 0.05) is 18.5 Å². The SMILES string of the molecule is C\C=C/C=N\C(C)=C\CNCC. The third kappa shape index (κ3) is 7.22. The first-order valence-corrected chi connectivity index (χ1v) is 4.34. The molecule has 0 amide bonds. The number of nitrogens with one attached hydrogen (secondary N) is 1. The van der Waals surface area contributed by atoms with E-state index in [4.69, 9.17) is 0 Å². The van der Waals surface area contributed by atoms with E-state index in [0.29, 0.717) is 0 Å². The van der Waals surface area contributed by atoms with Crippen molar-refractivity contribution in [1.29, 1.82) is 0 Å². The van der Waals surface area contributed by atoms with Gasteiger partial charge in [0.1, 0.15) is 0 Å². The second-order valence-electron chi connectivity index (χ2n) is 2.46. The zero-order valence-corrected chi connectivity index (χ0v) is 8.17. The second-order valence-corrected chi connectivity index (χ2v) is 2.46. The lowest BCUT2D eigenvalue weighted by molar-refractivity contribution is 0.795. The molecule has 0 aliphatic heterocycles. The zero-order chi connectivity index (χ0) is 9.23. The average Bonchev–Trinajstić information content (AvgIpc) is 2.06. The van der Waals surface area contributed by atoms with Crippen LogP contribution in [0.4, 0.5) is 0 Å². The van der Waals surface area contributed by atoms with Gasteiger partial charge in [0.25, 0.3) is 0 Å². The lowest BCUT2D eigenvalue weighted by atomic mass is 10.4. The monoisotopic (exact) mass is 166 g/mol. The van der Waals surface area contributed by atoms with Crippen LogP contribution in [-0.4, -0.2) is 19.3 Å². The molecule has 12 heavy (non-hydrogen) atoms. The van der Waals surface area contributed by atoms with Gasteiger partial charge in [0.05, 0.1) is 0 Å². The van der Waals surface area contributed by atoms with Gasteiger partial charge in [-0.2, -0.15) is 0 Å². The van der Waals surface area contributed by atoms with Gasteiger partial charge in [-0.15, -0.1) is 0 Å². The van der Waals surface area contributed by atoms with Gasteiger partial charge < -0.3 is 5.32 Å². The van der Waals surface area contributed by atoms with E-state index in [9.17, 15) is 0 Å². The molecule has 0 radical (unpaired) electrons. The molecule has 0 aliphatic carbocycles. The van der Waals surface area contributed by atoms with E-state index in [0.717, 1.165) is 18.8 Å². The maximum absolute atomic E-state index is 4.19. The van der Waals surface area contributed by atoms with Gasteiger partial charge in [-0.3, -0.25) is 4.99 Å². The fourth-order valence-corrected chi connectivity index (χ4v) is 0.664. The molecule has 0 atom stereocenters. The van der Waals surface area contributed by atoms with Crippen LogP contribution in [0.1, 0.15) is 20.8 Å². The van der Waals surface area contributed by atoms with Crippen LogP contribution >= 0.6 is 0 Å². The first-order valence-electron chi connectivity index (χ1n) is 4.34. The lowest BCUT2D eigenvalue weighted by Gasteiger charge is -1.94. The highest BCUT2D eigenvalue weighted by molar-refractivity contribution is 5.71. The molecule has 0 unspecified atom stereocenters. The predicted octanol–water partition coefficient (Wildman–Crippen LogP) is 2.15. The number of nitrogens with zero attached hydrogens (tertiary/aromatic N) is 1. The van der Waals surface area contributed by atoms with Crippen molar-refractivity contribution in [3.8, 4) is 0 Å². The Kier molecular flexibility index (Phi) is 7.60. The Balaban J connectivity index is 3.69. The zero-order valence-electron chi connectivity index (χ0n) is 8.17. The van der Waals surface area contributed by atoms with Gasteiger partial charge >= 0.3 is 0 Å². The Bertz CT molecular complexity index is 178. The van der Waals surface area contributed by atoms with E-state index in [1.807, 2.05) is 26.0 Å². The molecule has 2 nitrogen and oxygen atoms in total. The van der Waals surface area contributed by atoms with Crippen LogP contribution in [0.2, 0.25) is 0 Å². The Morgan fingerprint density at radius 3 is 2.83 bits per heavy atom. The van der Waals surface area contributed by atoms with E-state index in [-0.39, 0.29) is 0 Å². The number of hydrogen-bond acceptors (Lipinski definition) is 2. The minimum absolute atomic E-state index is 0.898. The third-order valence-corrected chi connectivity index (χ3v) is 1.35. The molecule has 0 saturated heterocycles. The molecule has 0 aromatic heterocycles. The Morgan fingerprint density at radius 2 is 2.25 bits per heavy atom. The number of allylic oxidation sites excluding steroid dienone is 3. The summed E-state index contributed by atoms with van der Waals surface area (Å²) in [5.74, 6) is 0. The minimum atomic E-state index is 0.898. The molecule has 0 aromatic carbocycles. The Labute approximate surface area is 75.1 Å². The number of likely N-dealkylation sites (N-methyl/N-ethyl adjacent to an activating group) is 1. The van der Waals surface area contributed by atoms with Crippen LogP contribution in [0.3, 0.4) is 0 Å². The second kappa shape index (κ2) is 8.21. The number of rotatable bonds is 5. The smallest absolute Gasteiger partial charge is 0.0345 e. The van der Waals surface area contributed by atoms with E-state index >= 15 is 0 Å². The van der Waals surface area contributed by atoms with E-state index < -0.39 is 0 Å². The summed E-state index contributed by atoms with van der Waals surface area (Å²) in [5.41, 5.74) is 1.05. The van der Waals surface area contributed by atoms with Crippen LogP contribution in [0, 0.1) is 0 Å². The lowest BCUT2D eigenvalue weighted by Crippen LogP contribution is -2.11.